The molecule has 11 heteroatoms. The first-order valence-corrected chi connectivity index (χ1v) is 12.8. The molecule has 1 atom stereocenters. The largest absolute Gasteiger partial charge is 0.450 e. The summed E-state index contributed by atoms with van der Waals surface area (Å²) in [6.07, 6.45) is 6.46. The molecular formula is C24H39N7O4. The van der Waals surface area contributed by atoms with Crippen molar-refractivity contribution in [1.29, 1.82) is 5.26 Å². The SMILES string of the molecule is CCOC(=O)NC(=NC(CC1CCCCC1)C(=O)N(C)C1(C#N)CCNCC1)N1CCNC(=O)C1. The van der Waals surface area contributed by atoms with Gasteiger partial charge in [-0.25, -0.2) is 9.79 Å². The van der Waals surface area contributed by atoms with Crippen LogP contribution in [0.4, 0.5) is 4.79 Å². The zero-order valence-electron chi connectivity index (χ0n) is 21.0. The fourth-order valence-corrected chi connectivity index (χ4v) is 5.16. The van der Waals surface area contributed by atoms with Crippen molar-refractivity contribution < 1.29 is 19.1 Å². The van der Waals surface area contributed by atoms with Crippen molar-refractivity contribution in [2.24, 2.45) is 10.9 Å². The molecule has 0 bridgehead atoms. The van der Waals surface area contributed by atoms with Gasteiger partial charge in [-0.05, 0) is 45.2 Å². The number of nitrogens with one attached hydrogen (secondary N) is 3. The lowest BCUT2D eigenvalue weighted by Gasteiger charge is -2.41. The van der Waals surface area contributed by atoms with Gasteiger partial charge in [-0.1, -0.05) is 32.1 Å². The van der Waals surface area contributed by atoms with E-state index in [9.17, 15) is 19.6 Å². The highest BCUT2D eigenvalue weighted by Gasteiger charge is 2.41. The molecule has 1 saturated carbocycles. The van der Waals surface area contributed by atoms with E-state index in [4.69, 9.17) is 9.73 Å². The lowest BCUT2D eigenvalue weighted by atomic mass is 9.83. The molecule has 1 aliphatic carbocycles. The second kappa shape index (κ2) is 12.7. The minimum absolute atomic E-state index is 0.0270. The molecule has 0 spiro atoms. The predicted molar refractivity (Wildman–Crippen MR) is 130 cm³/mol. The Labute approximate surface area is 207 Å². The van der Waals surface area contributed by atoms with Crippen LogP contribution in [0.15, 0.2) is 4.99 Å². The van der Waals surface area contributed by atoms with E-state index in [1.54, 1.807) is 23.8 Å². The number of rotatable bonds is 6. The van der Waals surface area contributed by atoms with E-state index in [1.165, 1.54) is 6.42 Å². The molecule has 2 aliphatic heterocycles. The molecule has 2 saturated heterocycles. The zero-order valence-corrected chi connectivity index (χ0v) is 21.0. The van der Waals surface area contributed by atoms with Gasteiger partial charge in [0.25, 0.3) is 0 Å². The van der Waals surface area contributed by atoms with Crippen molar-refractivity contribution in [3.8, 4) is 6.07 Å². The van der Waals surface area contributed by atoms with Crippen molar-refractivity contribution in [2.75, 3.05) is 46.4 Å². The number of hydrogen-bond donors (Lipinski definition) is 3. The number of guanidine groups is 1. The summed E-state index contributed by atoms with van der Waals surface area (Å²) in [7, 11) is 1.69. The van der Waals surface area contributed by atoms with Crippen LogP contribution >= 0.6 is 0 Å². The summed E-state index contributed by atoms with van der Waals surface area (Å²) in [4.78, 5) is 46.2. The van der Waals surface area contributed by atoms with E-state index in [-0.39, 0.29) is 30.9 Å². The summed E-state index contributed by atoms with van der Waals surface area (Å²) >= 11 is 0. The number of nitriles is 1. The summed E-state index contributed by atoms with van der Waals surface area (Å²) in [5, 5.41) is 18.7. The Balaban J connectivity index is 1.92. The van der Waals surface area contributed by atoms with Gasteiger partial charge in [0.05, 0.1) is 19.2 Å². The van der Waals surface area contributed by atoms with Crippen molar-refractivity contribution in [1.82, 2.24) is 25.8 Å². The third-order valence-electron chi connectivity index (χ3n) is 7.28. The second-order valence-corrected chi connectivity index (χ2v) is 9.62. The topological polar surface area (TPSA) is 139 Å². The quantitative estimate of drug-likeness (QED) is 0.373. The maximum Gasteiger partial charge on any atom is 0.413 e. The molecule has 35 heavy (non-hydrogen) atoms. The molecule has 3 aliphatic rings. The maximum atomic E-state index is 13.9. The number of piperidine rings is 1. The van der Waals surface area contributed by atoms with Gasteiger partial charge in [-0.3, -0.25) is 14.9 Å². The van der Waals surface area contributed by atoms with Gasteiger partial charge in [0.2, 0.25) is 17.8 Å². The van der Waals surface area contributed by atoms with Crippen LogP contribution in [0.25, 0.3) is 0 Å². The minimum Gasteiger partial charge on any atom is -0.450 e. The van der Waals surface area contributed by atoms with Crippen LogP contribution in [0.5, 0.6) is 0 Å². The molecule has 3 amide bonds. The molecule has 1 unspecified atom stereocenters. The predicted octanol–water partition coefficient (Wildman–Crippen LogP) is 0.963. The van der Waals surface area contributed by atoms with Gasteiger partial charge in [-0.2, -0.15) is 5.26 Å². The average molecular weight is 490 g/mol. The fraction of sp³-hybridized carbons (Fsp3) is 0.792. The van der Waals surface area contributed by atoms with Crippen molar-refractivity contribution >= 4 is 23.9 Å². The third kappa shape index (κ3) is 7.07. The summed E-state index contributed by atoms with van der Waals surface area (Å²) in [5.41, 5.74) is -0.886. The van der Waals surface area contributed by atoms with E-state index >= 15 is 0 Å². The standard InChI is InChI=1S/C24H39N7O4/c1-3-35-23(34)29-22(31-14-13-27-20(32)16-31)28-19(15-18-7-5-4-6-8-18)21(33)30(2)24(17-25)9-11-26-12-10-24/h18-19,26H,3-16H2,1-2H3,(H,27,32)(H,28,29,34). The minimum atomic E-state index is -0.886. The van der Waals surface area contributed by atoms with Gasteiger partial charge in [-0.15, -0.1) is 0 Å². The Morgan fingerprint density at radius 1 is 1.29 bits per heavy atom. The summed E-state index contributed by atoms with van der Waals surface area (Å²) in [6, 6.07) is 1.62. The van der Waals surface area contributed by atoms with Crippen LogP contribution < -0.4 is 16.0 Å². The Hall–Kier alpha value is -2.87. The summed E-state index contributed by atoms with van der Waals surface area (Å²) in [6.45, 7) is 4.11. The van der Waals surface area contributed by atoms with Gasteiger partial charge < -0.3 is 25.2 Å². The molecule has 194 valence electrons. The second-order valence-electron chi connectivity index (χ2n) is 9.62. The van der Waals surface area contributed by atoms with Crippen LogP contribution in [-0.2, 0) is 14.3 Å². The fourth-order valence-electron chi connectivity index (χ4n) is 5.16. The number of hydrogen-bond acceptors (Lipinski definition) is 7. The van der Waals surface area contributed by atoms with E-state index in [0.717, 1.165) is 25.7 Å². The summed E-state index contributed by atoms with van der Waals surface area (Å²) < 4.78 is 5.05. The number of ether oxygens (including phenoxy) is 1. The highest BCUT2D eigenvalue weighted by molar-refractivity contribution is 5.97. The Kier molecular flexibility index (Phi) is 9.72. The van der Waals surface area contributed by atoms with Gasteiger partial charge in [0.15, 0.2) is 0 Å². The van der Waals surface area contributed by atoms with Crippen molar-refractivity contribution in [3.63, 3.8) is 0 Å². The molecule has 0 radical (unpaired) electrons. The number of nitrogens with zero attached hydrogens (tertiary/aromatic N) is 4. The van der Waals surface area contributed by atoms with Crippen LogP contribution in [0, 0.1) is 17.2 Å². The number of piperazine rings is 1. The number of alkyl carbamates (subject to hydrolysis) is 1. The van der Waals surface area contributed by atoms with Gasteiger partial charge in [0, 0.05) is 20.1 Å². The molecule has 3 rings (SSSR count). The zero-order chi connectivity index (χ0) is 25.3. The Morgan fingerprint density at radius 2 is 2.00 bits per heavy atom. The molecule has 0 aromatic rings. The molecule has 2 heterocycles. The molecule has 11 nitrogen and oxygen atoms in total. The number of aliphatic imine (C=N–C) groups is 1. The van der Waals surface area contributed by atoms with Crippen LogP contribution in [-0.4, -0.2) is 91.6 Å². The number of amides is 3. The van der Waals surface area contributed by atoms with E-state index in [1.807, 2.05) is 0 Å². The van der Waals surface area contributed by atoms with Crippen LogP contribution in [0.3, 0.4) is 0 Å². The highest BCUT2D eigenvalue weighted by atomic mass is 16.5. The van der Waals surface area contributed by atoms with Gasteiger partial charge in [0.1, 0.15) is 11.6 Å². The van der Waals surface area contributed by atoms with E-state index < -0.39 is 17.7 Å². The average Bonchev–Trinajstić information content (AvgIpc) is 2.88. The lowest BCUT2D eigenvalue weighted by molar-refractivity contribution is -0.136. The normalized spacial score (nSPS) is 21.9. The first-order chi connectivity index (χ1) is 16.9. The van der Waals surface area contributed by atoms with Crippen molar-refractivity contribution in [2.45, 2.75) is 69.9 Å². The van der Waals surface area contributed by atoms with E-state index in [0.29, 0.717) is 51.4 Å². The van der Waals surface area contributed by atoms with Crippen molar-refractivity contribution in [3.05, 3.63) is 0 Å². The molecular weight excluding hydrogens is 450 g/mol. The summed E-state index contributed by atoms with van der Waals surface area (Å²) in [5.74, 6) is 0.0928. The van der Waals surface area contributed by atoms with Crippen LogP contribution in [0.2, 0.25) is 0 Å². The first-order valence-electron chi connectivity index (χ1n) is 12.8. The number of carbonyl (C=O) groups is 3. The monoisotopic (exact) mass is 489 g/mol. The number of carbonyl (C=O) groups excluding carboxylic acids is 3. The first kappa shape index (κ1) is 26.7. The number of likely N-dealkylation sites (N-methyl/N-ethyl adjacent to an activating group) is 1. The van der Waals surface area contributed by atoms with Gasteiger partial charge >= 0.3 is 6.09 Å². The molecule has 3 fully saturated rings. The van der Waals surface area contributed by atoms with E-state index in [2.05, 4.69) is 22.0 Å². The smallest absolute Gasteiger partial charge is 0.413 e. The van der Waals surface area contributed by atoms with Crippen LogP contribution in [0.1, 0.15) is 58.3 Å². The molecule has 3 N–H and O–H groups in total. The molecule has 0 aromatic carbocycles. The Morgan fingerprint density at radius 3 is 2.63 bits per heavy atom. The maximum absolute atomic E-state index is 13.9. The molecule has 0 aromatic heterocycles. The highest BCUT2D eigenvalue weighted by Crippen LogP contribution is 2.31. The Bertz CT molecular complexity index is 828. The third-order valence-corrected chi connectivity index (χ3v) is 7.28. The lowest BCUT2D eigenvalue weighted by Crippen LogP contribution is -2.57.